The number of hydrogen-bond acceptors (Lipinski definition) is 5. The van der Waals surface area contributed by atoms with E-state index in [0.29, 0.717) is 17.3 Å². The van der Waals surface area contributed by atoms with Crippen molar-refractivity contribution in [3.8, 4) is 11.7 Å². The van der Waals surface area contributed by atoms with Crippen LogP contribution >= 0.6 is 11.6 Å². The molecule has 0 fully saturated rings. The van der Waals surface area contributed by atoms with Crippen molar-refractivity contribution in [2.75, 3.05) is 0 Å². The first-order valence-corrected chi connectivity index (χ1v) is 3.98. The van der Waals surface area contributed by atoms with Gasteiger partial charge in [-0.1, -0.05) is 5.10 Å². The van der Waals surface area contributed by atoms with Gasteiger partial charge in [-0.05, 0) is 18.5 Å². The highest BCUT2D eigenvalue weighted by molar-refractivity contribution is 6.27. The Balaban J connectivity index is 2.51. The molecule has 0 amide bonds. The fraction of sp³-hybridized carbons (Fsp3) is 0.286. The molecule has 0 unspecified atom stereocenters. The van der Waals surface area contributed by atoms with Crippen LogP contribution in [-0.4, -0.2) is 15.2 Å². The molecule has 0 aliphatic carbocycles. The van der Waals surface area contributed by atoms with E-state index < -0.39 is 0 Å². The lowest BCUT2D eigenvalue weighted by molar-refractivity contribution is 0.494. The van der Waals surface area contributed by atoms with Crippen LogP contribution in [-0.2, 0) is 0 Å². The van der Waals surface area contributed by atoms with E-state index in [-0.39, 0.29) is 11.2 Å². The number of nitrogens with zero attached hydrogens (tertiary/aromatic N) is 3. The Bertz CT molecular complexity index is 435. The molecular formula is C7H6ClN3O2. The topological polar surface area (TPSA) is 65.0 Å². The van der Waals surface area contributed by atoms with Gasteiger partial charge in [0.05, 0.1) is 5.69 Å². The maximum Gasteiger partial charge on any atom is 0.313 e. The monoisotopic (exact) mass is 199 g/mol. The lowest BCUT2D eigenvalue weighted by Crippen LogP contribution is -1.78. The molecule has 0 radical (unpaired) electrons. The van der Waals surface area contributed by atoms with E-state index in [1.807, 2.05) is 0 Å². The van der Waals surface area contributed by atoms with Crippen LogP contribution in [0.5, 0.6) is 0 Å². The van der Waals surface area contributed by atoms with Crippen molar-refractivity contribution in [3.05, 3.63) is 16.9 Å². The van der Waals surface area contributed by atoms with Crippen molar-refractivity contribution >= 4 is 11.6 Å². The van der Waals surface area contributed by atoms with Gasteiger partial charge in [0.2, 0.25) is 5.76 Å². The van der Waals surface area contributed by atoms with E-state index in [9.17, 15) is 0 Å². The molecule has 0 bridgehead atoms. The first kappa shape index (κ1) is 8.25. The molecule has 0 saturated heterocycles. The van der Waals surface area contributed by atoms with E-state index in [4.69, 9.17) is 20.4 Å². The minimum Gasteiger partial charge on any atom is -0.436 e. The summed E-state index contributed by atoms with van der Waals surface area (Å²) < 4.78 is 10.2. The zero-order valence-corrected chi connectivity index (χ0v) is 7.79. The minimum atomic E-state index is -0.0107. The fourth-order valence-electron chi connectivity index (χ4n) is 1.03. The quantitative estimate of drug-likeness (QED) is 0.703. The molecular weight excluding hydrogens is 194 g/mol. The molecule has 68 valence electrons. The van der Waals surface area contributed by atoms with Gasteiger partial charge in [-0.25, -0.2) is 4.98 Å². The Labute approximate surface area is 78.7 Å². The van der Waals surface area contributed by atoms with Crippen LogP contribution in [0.1, 0.15) is 11.6 Å². The summed E-state index contributed by atoms with van der Waals surface area (Å²) in [6.45, 7) is 3.54. The van der Waals surface area contributed by atoms with Crippen LogP contribution in [0, 0.1) is 13.8 Å². The molecule has 0 spiro atoms. The second-order valence-electron chi connectivity index (χ2n) is 2.51. The van der Waals surface area contributed by atoms with Gasteiger partial charge in [0.1, 0.15) is 0 Å². The molecule has 5 nitrogen and oxygen atoms in total. The molecule has 2 heterocycles. The van der Waals surface area contributed by atoms with E-state index in [1.54, 1.807) is 13.8 Å². The lowest BCUT2D eigenvalue weighted by atomic mass is 10.4. The Kier molecular flexibility index (Phi) is 1.81. The number of aryl methyl sites for hydroxylation is 2. The zero-order chi connectivity index (χ0) is 9.42. The highest BCUT2D eigenvalue weighted by Gasteiger charge is 2.15. The lowest BCUT2D eigenvalue weighted by Gasteiger charge is -1.86. The number of hydrogen-bond donors (Lipinski definition) is 0. The minimum absolute atomic E-state index is 0.0107. The Morgan fingerprint density at radius 1 is 1.15 bits per heavy atom. The summed E-state index contributed by atoms with van der Waals surface area (Å²) in [7, 11) is 0. The van der Waals surface area contributed by atoms with Crippen LogP contribution in [0.15, 0.2) is 8.83 Å². The molecule has 6 heteroatoms. The third-order valence-electron chi connectivity index (χ3n) is 1.50. The standard InChI is InChI=1S/C7H6ClN3O2/c1-3-5(12-4(2)9-3)6-10-11-7(8)13-6/h1-2H3. The molecule has 2 rings (SSSR count). The summed E-state index contributed by atoms with van der Waals surface area (Å²) in [5.41, 5.74) is 0.706. The first-order chi connectivity index (χ1) is 6.16. The van der Waals surface area contributed by atoms with Crippen molar-refractivity contribution in [2.24, 2.45) is 0 Å². The van der Waals surface area contributed by atoms with Crippen molar-refractivity contribution in [1.29, 1.82) is 0 Å². The second-order valence-corrected chi connectivity index (χ2v) is 2.83. The van der Waals surface area contributed by atoms with E-state index in [1.165, 1.54) is 0 Å². The molecule has 13 heavy (non-hydrogen) atoms. The molecule has 0 atom stereocenters. The summed E-state index contributed by atoms with van der Waals surface area (Å²) in [5.74, 6) is 1.28. The van der Waals surface area contributed by atoms with Crippen LogP contribution in [0.4, 0.5) is 0 Å². The van der Waals surface area contributed by atoms with Gasteiger partial charge in [0, 0.05) is 6.92 Å². The Morgan fingerprint density at radius 2 is 1.92 bits per heavy atom. The number of rotatable bonds is 1. The highest BCUT2D eigenvalue weighted by atomic mass is 35.5. The van der Waals surface area contributed by atoms with Crippen molar-refractivity contribution in [1.82, 2.24) is 15.2 Å². The molecule has 2 aromatic heterocycles. The molecule has 0 aliphatic heterocycles. The average Bonchev–Trinajstić information content (AvgIpc) is 2.58. The SMILES string of the molecule is Cc1nc(C)c(-c2nnc(Cl)o2)o1. The summed E-state index contributed by atoms with van der Waals surface area (Å²) in [6.07, 6.45) is 0. The van der Waals surface area contributed by atoms with E-state index in [0.717, 1.165) is 0 Å². The van der Waals surface area contributed by atoms with Crippen LogP contribution in [0.3, 0.4) is 0 Å². The summed E-state index contributed by atoms with van der Waals surface area (Å²) in [4.78, 5) is 4.06. The molecule has 0 N–H and O–H groups in total. The van der Waals surface area contributed by atoms with Crippen LogP contribution in [0.25, 0.3) is 11.7 Å². The van der Waals surface area contributed by atoms with Crippen LogP contribution in [0.2, 0.25) is 5.35 Å². The smallest absolute Gasteiger partial charge is 0.313 e. The van der Waals surface area contributed by atoms with Gasteiger partial charge < -0.3 is 8.83 Å². The van der Waals surface area contributed by atoms with Gasteiger partial charge in [0.15, 0.2) is 5.89 Å². The molecule has 0 saturated carbocycles. The maximum absolute atomic E-state index is 5.47. The molecule has 0 aromatic carbocycles. The predicted molar refractivity (Wildman–Crippen MR) is 44.3 cm³/mol. The van der Waals surface area contributed by atoms with Crippen molar-refractivity contribution in [3.63, 3.8) is 0 Å². The largest absolute Gasteiger partial charge is 0.436 e. The average molecular weight is 200 g/mol. The van der Waals surface area contributed by atoms with Gasteiger partial charge in [0.25, 0.3) is 5.89 Å². The van der Waals surface area contributed by atoms with Gasteiger partial charge in [-0.3, -0.25) is 0 Å². The molecule has 2 aromatic rings. The van der Waals surface area contributed by atoms with E-state index in [2.05, 4.69) is 15.2 Å². The molecule has 0 aliphatic rings. The van der Waals surface area contributed by atoms with Crippen molar-refractivity contribution in [2.45, 2.75) is 13.8 Å². The summed E-state index contributed by atoms with van der Waals surface area (Å²) in [6, 6.07) is 0. The maximum atomic E-state index is 5.47. The van der Waals surface area contributed by atoms with E-state index >= 15 is 0 Å². The van der Waals surface area contributed by atoms with Gasteiger partial charge in [-0.2, -0.15) is 0 Å². The highest BCUT2D eigenvalue weighted by Crippen LogP contribution is 2.23. The van der Waals surface area contributed by atoms with Gasteiger partial charge in [-0.15, -0.1) is 5.10 Å². The summed E-state index contributed by atoms with van der Waals surface area (Å²) in [5, 5.41) is 7.17. The Morgan fingerprint density at radius 3 is 2.38 bits per heavy atom. The Hall–Kier alpha value is -1.36. The zero-order valence-electron chi connectivity index (χ0n) is 7.04. The van der Waals surface area contributed by atoms with Crippen LogP contribution < -0.4 is 0 Å². The fourth-order valence-corrected chi connectivity index (χ4v) is 1.14. The summed E-state index contributed by atoms with van der Waals surface area (Å²) >= 11 is 5.47. The van der Waals surface area contributed by atoms with Gasteiger partial charge >= 0.3 is 5.35 Å². The van der Waals surface area contributed by atoms with Crippen molar-refractivity contribution < 1.29 is 8.83 Å². The number of halogens is 1. The first-order valence-electron chi connectivity index (χ1n) is 3.60. The third kappa shape index (κ3) is 1.42. The normalized spacial score (nSPS) is 10.7. The number of oxazole rings is 1. The number of aromatic nitrogens is 3. The second kappa shape index (κ2) is 2.85. The third-order valence-corrected chi connectivity index (χ3v) is 1.65. The predicted octanol–water partition coefficient (Wildman–Crippen LogP) is 1.99.